The molecule has 21 heavy (non-hydrogen) atoms. The average Bonchev–Trinajstić information content (AvgIpc) is 2.45. The first-order valence-corrected chi connectivity index (χ1v) is 6.62. The largest absolute Gasteiger partial charge is 0.486 e. The number of nitrogens with two attached hydrogens (primary N) is 1. The summed E-state index contributed by atoms with van der Waals surface area (Å²) in [6, 6.07) is 8.75. The van der Waals surface area contributed by atoms with Crippen molar-refractivity contribution >= 4 is 27.3 Å². The molecule has 0 heterocycles. The van der Waals surface area contributed by atoms with E-state index >= 15 is 0 Å². The van der Waals surface area contributed by atoms with E-state index in [9.17, 15) is 14.5 Å². The van der Waals surface area contributed by atoms with Crippen molar-refractivity contribution < 1.29 is 14.1 Å². The lowest BCUT2D eigenvalue weighted by Gasteiger charge is -2.09. The van der Waals surface area contributed by atoms with Gasteiger partial charge in [-0.1, -0.05) is 15.9 Å². The van der Waals surface area contributed by atoms with Gasteiger partial charge in [0.25, 0.3) is 5.69 Å². The third-order valence-corrected chi connectivity index (χ3v) is 3.19. The maximum Gasteiger partial charge on any atom is 0.293 e. The molecule has 0 aliphatic heterocycles. The van der Waals surface area contributed by atoms with Gasteiger partial charge >= 0.3 is 0 Å². The molecular formula is C13H11BrFN3O3. The molecule has 0 aliphatic carbocycles. The zero-order valence-corrected chi connectivity index (χ0v) is 12.3. The molecule has 2 rings (SSSR count). The quantitative estimate of drug-likeness (QED) is 0.487. The van der Waals surface area contributed by atoms with Crippen LogP contribution in [0, 0.1) is 15.9 Å². The number of anilines is 1. The van der Waals surface area contributed by atoms with Gasteiger partial charge in [-0.25, -0.2) is 4.39 Å². The molecule has 0 atom stereocenters. The van der Waals surface area contributed by atoms with Gasteiger partial charge in [0.1, 0.15) is 12.3 Å². The molecule has 0 saturated carbocycles. The van der Waals surface area contributed by atoms with Crippen LogP contribution >= 0.6 is 15.9 Å². The molecule has 0 radical (unpaired) electrons. The van der Waals surface area contributed by atoms with Crippen LogP contribution in [0.1, 0.15) is 5.56 Å². The van der Waals surface area contributed by atoms with Crippen LogP contribution in [0.3, 0.4) is 0 Å². The molecule has 0 saturated heterocycles. The molecular weight excluding hydrogens is 345 g/mol. The molecule has 110 valence electrons. The summed E-state index contributed by atoms with van der Waals surface area (Å²) in [5.41, 5.74) is 2.90. The fraction of sp³-hybridized carbons (Fsp3) is 0.0769. The van der Waals surface area contributed by atoms with E-state index in [1.54, 1.807) is 6.07 Å². The van der Waals surface area contributed by atoms with Crippen molar-refractivity contribution in [2.75, 3.05) is 5.43 Å². The molecule has 8 heteroatoms. The summed E-state index contributed by atoms with van der Waals surface area (Å²) < 4.78 is 19.5. The smallest absolute Gasteiger partial charge is 0.293 e. The van der Waals surface area contributed by atoms with E-state index in [0.717, 1.165) is 0 Å². The van der Waals surface area contributed by atoms with E-state index in [1.807, 2.05) is 0 Å². The van der Waals surface area contributed by atoms with Crippen molar-refractivity contribution in [2.24, 2.45) is 5.84 Å². The second kappa shape index (κ2) is 6.51. The molecule has 0 spiro atoms. The number of ether oxygens (including phenoxy) is 1. The van der Waals surface area contributed by atoms with Crippen LogP contribution in [-0.4, -0.2) is 4.92 Å². The summed E-state index contributed by atoms with van der Waals surface area (Å²) in [5.74, 6) is 4.84. The van der Waals surface area contributed by atoms with Crippen LogP contribution < -0.4 is 16.0 Å². The van der Waals surface area contributed by atoms with E-state index in [-0.39, 0.29) is 23.7 Å². The van der Waals surface area contributed by atoms with Gasteiger partial charge in [0.2, 0.25) is 0 Å². The number of hydrogen-bond acceptors (Lipinski definition) is 5. The highest BCUT2D eigenvalue weighted by Crippen LogP contribution is 2.26. The van der Waals surface area contributed by atoms with Gasteiger partial charge in [0.05, 0.1) is 4.92 Å². The Hall–Kier alpha value is -2.19. The number of rotatable bonds is 5. The fourth-order valence-corrected chi connectivity index (χ4v) is 2.03. The lowest BCUT2D eigenvalue weighted by atomic mass is 10.2. The highest BCUT2D eigenvalue weighted by Gasteiger charge is 2.13. The summed E-state index contributed by atoms with van der Waals surface area (Å²) in [5, 5.41) is 10.8. The van der Waals surface area contributed by atoms with E-state index in [2.05, 4.69) is 21.4 Å². The topological polar surface area (TPSA) is 90.4 Å². The van der Waals surface area contributed by atoms with Crippen molar-refractivity contribution in [1.82, 2.24) is 0 Å². The van der Waals surface area contributed by atoms with E-state index in [4.69, 9.17) is 10.6 Å². The minimum Gasteiger partial charge on any atom is -0.486 e. The molecule has 3 N–H and O–H groups in total. The summed E-state index contributed by atoms with van der Waals surface area (Å²) in [4.78, 5) is 10.2. The fourth-order valence-electron chi connectivity index (χ4n) is 1.70. The van der Waals surface area contributed by atoms with E-state index in [1.165, 1.54) is 30.3 Å². The number of nitro groups is 1. The number of nitrogens with one attached hydrogen (secondary N) is 1. The molecule has 0 unspecified atom stereocenters. The molecule has 0 aliphatic rings. The molecule has 2 aromatic carbocycles. The Labute approximate surface area is 128 Å². The minimum atomic E-state index is -0.547. The van der Waals surface area contributed by atoms with Crippen LogP contribution in [0.4, 0.5) is 15.8 Å². The van der Waals surface area contributed by atoms with Crippen LogP contribution in [0.5, 0.6) is 5.75 Å². The normalized spacial score (nSPS) is 10.2. The van der Waals surface area contributed by atoms with Crippen LogP contribution in [0.25, 0.3) is 0 Å². The van der Waals surface area contributed by atoms with E-state index in [0.29, 0.717) is 10.0 Å². The van der Waals surface area contributed by atoms with Crippen molar-refractivity contribution in [1.29, 1.82) is 0 Å². The van der Waals surface area contributed by atoms with Crippen molar-refractivity contribution in [3.8, 4) is 5.75 Å². The predicted molar refractivity (Wildman–Crippen MR) is 79.3 cm³/mol. The average molecular weight is 356 g/mol. The van der Waals surface area contributed by atoms with Gasteiger partial charge in [-0.05, 0) is 35.9 Å². The minimum absolute atomic E-state index is 0.0607. The molecule has 0 aromatic heterocycles. The molecule has 6 nitrogen and oxygen atoms in total. The number of nitrogens with zero attached hydrogens (tertiary/aromatic N) is 1. The molecule has 0 amide bonds. The number of nitro benzene ring substituents is 1. The Morgan fingerprint density at radius 1 is 1.33 bits per heavy atom. The second-order valence-corrected chi connectivity index (χ2v) is 5.03. The Morgan fingerprint density at radius 3 is 2.71 bits per heavy atom. The second-order valence-electron chi connectivity index (χ2n) is 4.12. The number of hydrazine groups is 1. The van der Waals surface area contributed by atoms with Gasteiger partial charge in [-0.15, -0.1) is 0 Å². The maximum absolute atomic E-state index is 13.6. The molecule has 2 aromatic rings. The highest BCUT2D eigenvalue weighted by atomic mass is 79.9. The summed E-state index contributed by atoms with van der Waals surface area (Å²) in [6.45, 7) is 0.0607. The van der Waals surface area contributed by atoms with Gasteiger partial charge < -0.3 is 10.2 Å². The predicted octanol–water partition coefficient (Wildman–Crippen LogP) is 3.36. The van der Waals surface area contributed by atoms with Crippen LogP contribution in [0.15, 0.2) is 40.9 Å². The third kappa shape index (κ3) is 3.67. The first-order chi connectivity index (χ1) is 10.0. The first-order valence-electron chi connectivity index (χ1n) is 5.83. The lowest BCUT2D eigenvalue weighted by molar-refractivity contribution is -0.384. The zero-order chi connectivity index (χ0) is 15.4. The monoisotopic (exact) mass is 355 g/mol. The summed E-state index contributed by atoms with van der Waals surface area (Å²) >= 11 is 3.15. The molecule has 0 fully saturated rings. The Balaban J connectivity index is 2.15. The zero-order valence-electron chi connectivity index (χ0n) is 10.7. The number of hydrogen-bond donors (Lipinski definition) is 2. The van der Waals surface area contributed by atoms with Crippen molar-refractivity contribution in [3.63, 3.8) is 0 Å². The number of nitrogen functional groups attached to an aromatic ring is 1. The van der Waals surface area contributed by atoms with Crippen LogP contribution in [-0.2, 0) is 6.61 Å². The van der Waals surface area contributed by atoms with E-state index < -0.39 is 10.7 Å². The maximum atomic E-state index is 13.6. The third-order valence-electron chi connectivity index (χ3n) is 2.70. The van der Waals surface area contributed by atoms with Crippen LogP contribution in [0.2, 0.25) is 0 Å². The SMILES string of the molecule is NNc1cc(COc2ccc(Br)cc2F)ccc1[N+](=O)[O-]. The van der Waals surface area contributed by atoms with Gasteiger partial charge in [0.15, 0.2) is 11.6 Å². The van der Waals surface area contributed by atoms with Gasteiger partial charge in [0, 0.05) is 10.5 Å². The first kappa shape index (κ1) is 15.2. The van der Waals surface area contributed by atoms with Gasteiger partial charge in [-0.2, -0.15) is 0 Å². The molecule has 0 bridgehead atoms. The lowest BCUT2D eigenvalue weighted by Crippen LogP contribution is -2.10. The summed E-state index contributed by atoms with van der Waals surface area (Å²) in [7, 11) is 0. The number of halogens is 2. The Kier molecular flexibility index (Phi) is 4.71. The van der Waals surface area contributed by atoms with Crippen molar-refractivity contribution in [3.05, 3.63) is 62.4 Å². The Morgan fingerprint density at radius 2 is 2.10 bits per heavy atom. The highest BCUT2D eigenvalue weighted by molar-refractivity contribution is 9.10. The van der Waals surface area contributed by atoms with Crippen molar-refractivity contribution in [2.45, 2.75) is 6.61 Å². The summed E-state index contributed by atoms with van der Waals surface area (Å²) in [6.07, 6.45) is 0. The standard InChI is InChI=1S/C13H11BrFN3O3/c14-9-2-4-13(10(15)6-9)21-7-8-1-3-12(18(19)20)11(5-8)17-16/h1-6,17H,7,16H2. The number of benzene rings is 2. The van der Waals surface area contributed by atoms with Gasteiger partial charge in [-0.3, -0.25) is 16.0 Å². The Bertz CT molecular complexity index is 682.